The summed E-state index contributed by atoms with van der Waals surface area (Å²) in [6.45, 7) is 8.75. The topological polar surface area (TPSA) is 67.2 Å². The minimum absolute atomic E-state index is 0.764. The number of H-pyrrole nitrogens is 1. The van der Waals surface area contributed by atoms with Crippen LogP contribution in [0.1, 0.15) is 19.7 Å². The maximum absolute atomic E-state index is 5.77. The van der Waals surface area contributed by atoms with Crippen LogP contribution in [0, 0.1) is 0 Å². The number of nitrogens with zero attached hydrogens (tertiary/aromatic N) is 2. The van der Waals surface area contributed by atoms with Gasteiger partial charge in [-0.2, -0.15) is 0 Å². The Hall–Kier alpha value is -1.59. The Morgan fingerprint density at radius 2 is 2.15 bits per heavy atom. The fraction of sp³-hybridized carbons (Fsp3) is 0.533. The highest BCUT2D eigenvalue weighted by Crippen LogP contribution is 2.15. The molecule has 0 bridgehead atoms. The van der Waals surface area contributed by atoms with Gasteiger partial charge in [-0.25, -0.2) is 4.98 Å². The van der Waals surface area contributed by atoms with Crippen LogP contribution in [0.4, 0.5) is 5.69 Å². The number of imidazole rings is 1. The molecule has 0 atom stereocenters. The molecule has 2 aromatic rings. The molecule has 0 unspecified atom stereocenters. The van der Waals surface area contributed by atoms with Gasteiger partial charge in [0.05, 0.1) is 17.6 Å². The van der Waals surface area contributed by atoms with Gasteiger partial charge in [0.15, 0.2) is 0 Å². The SMILES string of the molecule is CCOCCN(CC)CCc1nc2ccc(N)cc2[nH]1. The summed E-state index contributed by atoms with van der Waals surface area (Å²) in [4.78, 5) is 10.3. The van der Waals surface area contributed by atoms with Crippen LogP contribution in [0.2, 0.25) is 0 Å². The quantitative estimate of drug-likeness (QED) is 0.572. The lowest BCUT2D eigenvalue weighted by molar-refractivity contribution is 0.115. The molecule has 0 spiro atoms. The van der Waals surface area contributed by atoms with Crippen molar-refractivity contribution in [3.05, 3.63) is 24.0 Å². The highest BCUT2D eigenvalue weighted by Gasteiger charge is 2.06. The van der Waals surface area contributed by atoms with Crippen molar-refractivity contribution in [1.29, 1.82) is 0 Å². The Morgan fingerprint density at radius 3 is 2.90 bits per heavy atom. The number of aromatic nitrogens is 2. The maximum atomic E-state index is 5.77. The molecule has 1 aromatic carbocycles. The third kappa shape index (κ3) is 3.95. The van der Waals surface area contributed by atoms with Crippen molar-refractivity contribution < 1.29 is 4.74 Å². The van der Waals surface area contributed by atoms with E-state index in [1.165, 1.54) is 0 Å². The number of hydrogen-bond donors (Lipinski definition) is 2. The lowest BCUT2D eigenvalue weighted by Gasteiger charge is -2.19. The lowest BCUT2D eigenvalue weighted by Crippen LogP contribution is -2.29. The van der Waals surface area contributed by atoms with Crippen LogP contribution < -0.4 is 5.73 Å². The number of aromatic amines is 1. The number of nitrogens with two attached hydrogens (primary N) is 1. The summed E-state index contributed by atoms with van der Waals surface area (Å²) in [5.74, 6) is 1.01. The van der Waals surface area contributed by atoms with E-state index in [4.69, 9.17) is 10.5 Å². The molecular weight excluding hydrogens is 252 g/mol. The van der Waals surface area contributed by atoms with Gasteiger partial charge in [-0.15, -0.1) is 0 Å². The third-order valence-corrected chi connectivity index (χ3v) is 3.42. The number of fused-ring (bicyclic) bond motifs is 1. The van der Waals surface area contributed by atoms with E-state index in [1.807, 2.05) is 25.1 Å². The standard InChI is InChI=1S/C15H24N4O/c1-3-19(9-10-20-4-2)8-7-15-17-13-6-5-12(16)11-14(13)18-15/h5-6,11H,3-4,7-10,16H2,1-2H3,(H,17,18). The summed E-state index contributed by atoms with van der Waals surface area (Å²) >= 11 is 0. The number of ether oxygens (including phenoxy) is 1. The zero-order valence-electron chi connectivity index (χ0n) is 12.4. The highest BCUT2D eigenvalue weighted by molar-refractivity contribution is 5.78. The fourth-order valence-corrected chi connectivity index (χ4v) is 2.23. The zero-order valence-corrected chi connectivity index (χ0v) is 12.4. The van der Waals surface area contributed by atoms with Crippen LogP contribution in [-0.2, 0) is 11.2 Å². The van der Waals surface area contributed by atoms with Crippen LogP contribution in [-0.4, -0.2) is 47.7 Å². The summed E-state index contributed by atoms with van der Waals surface area (Å²) in [7, 11) is 0. The van der Waals surface area contributed by atoms with E-state index in [0.29, 0.717) is 0 Å². The number of rotatable bonds is 8. The normalized spacial score (nSPS) is 11.6. The van der Waals surface area contributed by atoms with E-state index in [0.717, 1.165) is 61.8 Å². The minimum Gasteiger partial charge on any atom is -0.399 e. The molecule has 5 heteroatoms. The first-order valence-electron chi connectivity index (χ1n) is 7.27. The van der Waals surface area contributed by atoms with Crippen LogP contribution in [0.5, 0.6) is 0 Å². The molecule has 3 N–H and O–H groups in total. The summed E-state index contributed by atoms with van der Waals surface area (Å²) in [5, 5.41) is 0. The fourth-order valence-electron chi connectivity index (χ4n) is 2.23. The molecule has 0 aliphatic rings. The second-order valence-electron chi connectivity index (χ2n) is 4.84. The minimum atomic E-state index is 0.764. The van der Waals surface area contributed by atoms with E-state index in [2.05, 4.69) is 21.8 Å². The average molecular weight is 276 g/mol. The van der Waals surface area contributed by atoms with Crippen molar-refractivity contribution in [2.45, 2.75) is 20.3 Å². The predicted octanol–water partition coefficient (Wildman–Crippen LogP) is 2.05. The van der Waals surface area contributed by atoms with Gasteiger partial charge in [0.2, 0.25) is 0 Å². The molecular formula is C15H24N4O. The molecule has 0 saturated heterocycles. The molecule has 0 aliphatic heterocycles. The van der Waals surface area contributed by atoms with Gasteiger partial charge < -0.3 is 20.4 Å². The molecule has 0 fully saturated rings. The Bertz CT molecular complexity index is 538. The van der Waals surface area contributed by atoms with Crippen molar-refractivity contribution in [2.24, 2.45) is 0 Å². The highest BCUT2D eigenvalue weighted by atomic mass is 16.5. The molecule has 110 valence electrons. The Labute approximate surface area is 120 Å². The number of benzene rings is 1. The van der Waals surface area contributed by atoms with Gasteiger partial charge in [0.25, 0.3) is 0 Å². The van der Waals surface area contributed by atoms with Crippen molar-refractivity contribution in [3.8, 4) is 0 Å². The predicted molar refractivity (Wildman–Crippen MR) is 82.8 cm³/mol. The van der Waals surface area contributed by atoms with Crippen molar-refractivity contribution in [1.82, 2.24) is 14.9 Å². The molecule has 0 saturated carbocycles. The zero-order chi connectivity index (χ0) is 14.4. The molecule has 0 aliphatic carbocycles. The average Bonchev–Trinajstić information content (AvgIpc) is 2.84. The summed E-state index contributed by atoms with van der Waals surface area (Å²) < 4.78 is 5.40. The van der Waals surface area contributed by atoms with E-state index in [1.54, 1.807) is 0 Å². The van der Waals surface area contributed by atoms with Crippen molar-refractivity contribution in [3.63, 3.8) is 0 Å². The second-order valence-corrected chi connectivity index (χ2v) is 4.84. The summed E-state index contributed by atoms with van der Waals surface area (Å²) in [6, 6.07) is 5.77. The molecule has 1 heterocycles. The third-order valence-electron chi connectivity index (χ3n) is 3.42. The van der Waals surface area contributed by atoms with Crippen LogP contribution in [0.25, 0.3) is 11.0 Å². The first-order chi connectivity index (χ1) is 9.72. The van der Waals surface area contributed by atoms with Gasteiger partial charge in [-0.3, -0.25) is 0 Å². The van der Waals surface area contributed by atoms with E-state index in [9.17, 15) is 0 Å². The molecule has 5 nitrogen and oxygen atoms in total. The van der Waals surface area contributed by atoms with E-state index >= 15 is 0 Å². The van der Waals surface area contributed by atoms with E-state index in [-0.39, 0.29) is 0 Å². The van der Waals surface area contributed by atoms with Crippen LogP contribution in [0.15, 0.2) is 18.2 Å². The van der Waals surface area contributed by atoms with Crippen molar-refractivity contribution >= 4 is 16.7 Å². The first kappa shape index (κ1) is 14.8. The number of anilines is 1. The lowest BCUT2D eigenvalue weighted by atomic mass is 10.3. The second kappa shape index (κ2) is 7.26. The van der Waals surface area contributed by atoms with Crippen molar-refractivity contribution in [2.75, 3.05) is 38.6 Å². The Morgan fingerprint density at radius 1 is 1.30 bits per heavy atom. The first-order valence-corrected chi connectivity index (χ1v) is 7.27. The summed E-state index contributed by atoms with van der Waals surface area (Å²) in [5.41, 5.74) is 8.53. The molecule has 1 aromatic heterocycles. The number of nitrogens with one attached hydrogen (secondary N) is 1. The van der Waals surface area contributed by atoms with E-state index < -0.39 is 0 Å². The van der Waals surface area contributed by atoms with Gasteiger partial charge in [-0.1, -0.05) is 6.92 Å². The number of hydrogen-bond acceptors (Lipinski definition) is 4. The summed E-state index contributed by atoms with van der Waals surface area (Å²) in [6.07, 6.45) is 0.911. The Kier molecular flexibility index (Phi) is 5.38. The molecule has 2 rings (SSSR count). The molecule has 20 heavy (non-hydrogen) atoms. The number of likely N-dealkylation sites (N-methyl/N-ethyl adjacent to an activating group) is 1. The van der Waals surface area contributed by atoms with Gasteiger partial charge in [0.1, 0.15) is 5.82 Å². The largest absolute Gasteiger partial charge is 0.399 e. The van der Waals surface area contributed by atoms with Crippen LogP contribution in [0.3, 0.4) is 0 Å². The van der Waals surface area contributed by atoms with Gasteiger partial charge in [-0.05, 0) is 31.7 Å². The Balaban J connectivity index is 1.90. The van der Waals surface area contributed by atoms with Gasteiger partial charge in [0, 0.05) is 31.8 Å². The smallest absolute Gasteiger partial charge is 0.108 e. The van der Waals surface area contributed by atoms with Crippen LogP contribution >= 0.6 is 0 Å². The maximum Gasteiger partial charge on any atom is 0.108 e. The molecule has 0 amide bonds. The number of nitrogen functional groups attached to an aromatic ring is 1. The monoisotopic (exact) mass is 276 g/mol. The van der Waals surface area contributed by atoms with Gasteiger partial charge >= 0.3 is 0 Å². The molecule has 0 radical (unpaired) electrons.